The van der Waals surface area contributed by atoms with Crippen LogP contribution in [0.15, 0.2) is 52.9 Å². The monoisotopic (exact) mass is 452 g/mol. The van der Waals surface area contributed by atoms with Gasteiger partial charge in [0.15, 0.2) is 0 Å². The molecule has 8 heteroatoms. The third-order valence-corrected chi connectivity index (χ3v) is 5.49. The van der Waals surface area contributed by atoms with Crippen LogP contribution < -0.4 is 16.1 Å². The van der Waals surface area contributed by atoms with Gasteiger partial charge in [0.25, 0.3) is 11.8 Å². The number of nitrogens with one attached hydrogen (secondary N) is 2. The van der Waals surface area contributed by atoms with E-state index in [4.69, 9.17) is 0 Å². The van der Waals surface area contributed by atoms with E-state index in [-0.39, 0.29) is 23.7 Å². The van der Waals surface area contributed by atoms with Gasteiger partial charge in [-0.2, -0.15) is 0 Å². The summed E-state index contributed by atoms with van der Waals surface area (Å²) in [6.07, 6.45) is 2.99. The lowest BCUT2D eigenvalue weighted by Gasteiger charge is -2.21. The van der Waals surface area contributed by atoms with Crippen LogP contribution in [0, 0.1) is 0 Å². The van der Waals surface area contributed by atoms with Crippen LogP contribution in [0.5, 0.6) is 0 Å². The molecule has 3 rings (SSSR count). The van der Waals surface area contributed by atoms with E-state index in [1.807, 2.05) is 70.3 Å². The second kappa shape index (κ2) is 9.48. The number of hydrogen-bond acceptors (Lipinski definition) is 5. The average molecular weight is 453 g/mol. The zero-order valence-electron chi connectivity index (χ0n) is 18.9. The van der Waals surface area contributed by atoms with Gasteiger partial charge in [-0.15, -0.1) is 11.3 Å². The Labute approximate surface area is 191 Å². The minimum Gasteiger partial charge on any atom is -0.350 e. The molecule has 0 radical (unpaired) electrons. The van der Waals surface area contributed by atoms with Gasteiger partial charge in [-0.25, -0.2) is 4.98 Å². The van der Waals surface area contributed by atoms with Crippen molar-refractivity contribution < 1.29 is 9.59 Å². The number of rotatable bonds is 6. The number of hydrogen-bond donors (Lipinski definition) is 2. The topological polar surface area (TPSA) is 93.1 Å². The second-order valence-corrected chi connectivity index (χ2v) is 9.78. The highest BCUT2D eigenvalue weighted by atomic mass is 32.1. The average Bonchev–Trinajstić information content (AvgIpc) is 3.20. The molecular formula is C24H28N4O3S. The molecule has 2 aromatic heterocycles. The molecule has 32 heavy (non-hydrogen) atoms. The number of carbonyl (C=O) groups is 2. The molecular weight excluding hydrogens is 424 g/mol. The molecule has 0 aliphatic carbocycles. The number of benzene rings is 1. The van der Waals surface area contributed by atoms with Crippen molar-refractivity contribution in [3.8, 4) is 11.3 Å². The van der Waals surface area contributed by atoms with Crippen molar-refractivity contribution in [3.05, 3.63) is 74.5 Å². The SMILES string of the molecule is CC(C)n1cc(C(=O)NCc2nc(-c3ccccc3)cs2)c(=O)c(C(=O)NC(C)(C)C)c1. The smallest absolute Gasteiger partial charge is 0.257 e. The minimum absolute atomic E-state index is 0.0317. The molecule has 2 amide bonds. The van der Waals surface area contributed by atoms with E-state index >= 15 is 0 Å². The lowest BCUT2D eigenvalue weighted by molar-refractivity contribution is 0.0917. The molecule has 0 aliphatic heterocycles. The van der Waals surface area contributed by atoms with Crippen molar-refractivity contribution in [1.29, 1.82) is 0 Å². The molecule has 0 spiro atoms. The maximum Gasteiger partial charge on any atom is 0.257 e. The van der Waals surface area contributed by atoms with Crippen LogP contribution in [0.25, 0.3) is 11.3 Å². The number of pyridine rings is 1. The van der Waals surface area contributed by atoms with E-state index < -0.39 is 22.8 Å². The first-order valence-electron chi connectivity index (χ1n) is 10.4. The fourth-order valence-electron chi connectivity index (χ4n) is 3.01. The van der Waals surface area contributed by atoms with Crippen molar-refractivity contribution in [2.75, 3.05) is 0 Å². The normalized spacial score (nSPS) is 11.4. The molecule has 0 saturated heterocycles. The second-order valence-electron chi connectivity index (χ2n) is 8.83. The van der Waals surface area contributed by atoms with E-state index in [0.29, 0.717) is 0 Å². The van der Waals surface area contributed by atoms with Crippen LogP contribution in [-0.4, -0.2) is 26.9 Å². The Morgan fingerprint density at radius 3 is 2.28 bits per heavy atom. The Bertz CT molecular complexity index is 1170. The highest BCUT2D eigenvalue weighted by Gasteiger charge is 2.23. The van der Waals surface area contributed by atoms with E-state index in [0.717, 1.165) is 16.3 Å². The largest absolute Gasteiger partial charge is 0.350 e. The number of aromatic nitrogens is 2. The fourth-order valence-corrected chi connectivity index (χ4v) is 3.76. The first-order chi connectivity index (χ1) is 15.0. The summed E-state index contributed by atoms with van der Waals surface area (Å²) >= 11 is 1.43. The van der Waals surface area contributed by atoms with Gasteiger partial charge in [0.1, 0.15) is 16.1 Å². The predicted octanol–water partition coefficient (Wildman–Crippen LogP) is 4.01. The Kier molecular flexibility index (Phi) is 6.93. The Hall–Kier alpha value is -3.26. The van der Waals surface area contributed by atoms with Gasteiger partial charge in [-0.3, -0.25) is 14.4 Å². The summed E-state index contributed by atoms with van der Waals surface area (Å²) in [6, 6.07) is 9.74. The lowest BCUT2D eigenvalue weighted by atomic mass is 10.1. The fraction of sp³-hybridized carbons (Fsp3) is 0.333. The van der Waals surface area contributed by atoms with Crippen molar-refractivity contribution in [3.63, 3.8) is 0 Å². The quantitative estimate of drug-likeness (QED) is 0.591. The first-order valence-corrected chi connectivity index (χ1v) is 11.3. The maximum absolute atomic E-state index is 13.0. The molecule has 0 bridgehead atoms. The van der Waals surface area contributed by atoms with Gasteiger partial charge >= 0.3 is 0 Å². The Morgan fingerprint density at radius 1 is 1.06 bits per heavy atom. The van der Waals surface area contributed by atoms with Gasteiger partial charge in [0.2, 0.25) is 5.43 Å². The molecule has 2 heterocycles. The molecule has 0 aliphatic rings. The summed E-state index contributed by atoms with van der Waals surface area (Å²) in [5, 5.41) is 8.21. The molecule has 0 atom stereocenters. The summed E-state index contributed by atoms with van der Waals surface area (Å²) in [5.41, 5.74) is 0.611. The summed E-state index contributed by atoms with van der Waals surface area (Å²) in [5.74, 6) is -1.04. The van der Waals surface area contributed by atoms with Crippen LogP contribution in [0.2, 0.25) is 0 Å². The van der Waals surface area contributed by atoms with Gasteiger partial charge in [0.05, 0.1) is 12.2 Å². The van der Waals surface area contributed by atoms with E-state index in [1.165, 1.54) is 23.7 Å². The van der Waals surface area contributed by atoms with Crippen molar-refractivity contribution >= 4 is 23.2 Å². The van der Waals surface area contributed by atoms with E-state index in [9.17, 15) is 14.4 Å². The first kappa shape index (κ1) is 23.4. The minimum atomic E-state index is -0.592. The van der Waals surface area contributed by atoms with Gasteiger partial charge in [-0.05, 0) is 34.6 Å². The summed E-state index contributed by atoms with van der Waals surface area (Å²) in [4.78, 5) is 43.1. The van der Waals surface area contributed by atoms with Crippen molar-refractivity contribution in [1.82, 2.24) is 20.2 Å². The van der Waals surface area contributed by atoms with Crippen molar-refractivity contribution in [2.24, 2.45) is 0 Å². The molecule has 0 unspecified atom stereocenters. The maximum atomic E-state index is 13.0. The molecule has 2 N–H and O–H groups in total. The highest BCUT2D eigenvalue weighted by molar-refractivity contribution is 7.09. The number of carbonyl (C=O) groups excluding carboxylic acids is 2. The molecule has 168 valence electrons. The third-order valence-electron chi connectivity index (χ3n) is 4.64. The van der Waals surface area contributed by atoms with Crippen LogP contribution >= 0.6 is 11.3 Å². The van der Waals surface area contributed by atoms with Crippen LogP contribution in [0.3, 0.4) is 0 Å². The van der Waals surface area contributed by atoms with Gasteiger partial charge < -0.3 is 15.2 Å². The predicted molar refractivity (Wildman–Crippen MR) is 127 cm³/mol. The summed E-state index contributed by atoms with van der Waals surface area (Å²) in [7, 11) is 0. The molecule has 3 aromatic rings. The summed E-state index contributed by atoms with van der Waals surface area (Å²) < 4.78 is 1.70. The standard InChI is InChI=1S/C24H28N4O3S/c1-15(2)28-12-17(21(29)18(13-28)23(31)27-24(3,4)5)22(30)25-11-20-26-19(14-32-20)16-9-7-6-8-10-16/h6-10,12-15H,11H2,1-5H3,(H,25,30)(H,27,31). The number of thiazole rings is 1. The van der Waals surface area contributed by atoms with Gasteiger partial charge in [-0.1, -0.05) is 30.3 Å². The zero-order valence-corrected chi connectivity index (χ0v) is 19.7. The van der Waals surface area contributed by atoms with Crippen LogP contribution in [0.4, 0.5) is 0 Å². The van der Waals surface area contributed by atoms with Crippen LogP contribution in [-0.2, 0) is 6.54 Å². The molecule has 1 aromatic carbocycles. The Morgan fingerprint density at radius 2 is 1.69 bits per heavy atom. The zero-order chi connectivity index (χ0) is 23.5. The van der Waals surface area contributed by atoms with Crippen molar-refractivity contribution in [2.45, 2.75) is 52.7 Å². The van der Waals surface area contributed by atoms with E-state index in [1.54, 1.807) is 4.57 Å². The highest BCUT2D eigenvalue weighted by Crippen LogP contribution is 2.21. The summed E-state index contributed by atoms with van der Waals surface area (Å²) in [6.45, 7) is 9.52. The molecule has 0 fully saturated rings. The molecule has 0 saturated carbocycles. The Balaban J connectivity index is 1.82. The molecule has 7 nitrogen and oxygen atoms in total. The number of nitrogens with zero attached hydrogens (tertiary/aromatic N) is 2. The third kappa shape index (κ3) is 5.70. The van der Waals surface area contributed by atoms with Crippen LogP contribution in [0.1, 0.15) is 66.4 Å². The van der Waals surface area contributed by atoms with Gasteiger partial charge in [0, 0.05) is 34.9 Å². The number of amides is 2. The lowest BCUT2D eigenvalue weighted by Crippen LogP contribution is -2.43. The van der Waals surface area contributed by atoms with E-state index in [2.05, 4.69) is 15.6 Å².